The molecule has 1 fully saturated rings. The molecule has 1 amide bonds. The van der Waals surface area contributed by atoms with Crippen LogP contribution < -0.4 is 4.74 Å². The smallest absolute Gasteiger partial charge is 0.305 e. The molecule has 1 aromatic heterocycles. The van der Waals surface area contributed by atoms with Crippen molar-refractivity contribution in [3.05, 3.63) is 40.9 Å². The van der Waals surface area contributed by atoms with Gasteiger partial charge in [-0.1, -0.05) is 42.2 Å². The summed E-state index contributed by atoms with van der Waals surface area (Å²) in [6.07, 6.45) is 1.51. The van der Waals surface area contributed by atoms with Crippen LogP contribution in [0.25, 0.3) is 17.0 Å². The molecule has 8 heteroatoms. The summed E-state index contributed by atoms with van der Waals surface area (Å²) in [6.45, 7) is 0.0658. The number of methoxy groups -OCH3 is 1. The van der Waals surface area contributed by atoms with Gasteiger partial charge in [-0.3, -0.25) is 14.5 Å². The Balaban J connectivity index is 1.90. The van der Waals surface area contributed by atoms with Gasteiger partial charge in [0, 0.05) is 11.9 Å². The number of benzene rings is 1. The van der Waals surface area contributed by atoms with Crippen molar-refractivity contribution < 1.29 is 19.4 Å². The summed E-state index contributed by atoms with van der Waals surface area (Å²) in [5.74, 6) is -0.610. The van der Waals surface area contributed by atoms with Crippen LogP contribution in [0.5, 0.6) is 5.75 Å². The first-order chi connectivity index (χ1) is 12.0. The minimum absolute atomic E-state index is 0.0658. The second kappa shape index (κ2) is 7.20. The van der Waals surface area contributed by atoms with E-state index in [1.807, 2.05) is 30.3 Å². The molecule has 3 rings (SSSR count). The Bertz CT molecular complexity index is 911. The number of aliphatic carboxylic acids is 1. The van der Waals surface area contributed by atoms with Crippen molar-refractivity contribution >= 4 is 57.2 Å². The number of nitrogens with zero attached hydrogens (tertiary/aromatic N) is 2. The maximum Gasteiger partial charge on any atom is 0.305 e. The van der Waals surface area contributed by atoms with E-state index in [1.54, 1.807) is 13.2 Å². The normalized spacial score (nSPS) is 16.0. The molecule has 1 saturated heterocycles. The fourth-order valence-corrected chi connectivity index (χ4v) is 3.71. The summed E-state index contributed by atoms with van der Waals surface area (Å²) in [5.41, 5.74) is 1.32. The average Bonchev–Trinajstić information content (AvgIpc) is 2.85. The monoisotopic (exact) mass is 374 g/mol. The number of ether oxygens (including phenoxy) is 1. The van der Waals surface area contributed by atoms with Crippen LogP contribution in [0.3, 0.4) is 0 Å². The predicted molar refractivity (Wildman–Crippen MR) is 100 cm³/mol. The number of carboxylic acid groups (broad SMARTS) is 1. The fourth-order valence-electron chi connectivity index (χ4n) is 2.41. The number of carbonyl (C=O) groups excluding carboxylic acids is 1. The van der Waals surface area contributed by atoms with Crippen LogP contribution in [0.4, 0.5) is 0 Å². The van der Waals surface area contributed by atoms with E-state index in [-0.39, 0.29) is 18.9 Å². The Morgan fingerprint density at radius 2 is 2.20 bits per heavy atom. The van der Waals surface area contributed by atoms with Crippen molar-refractivity contribution in [2.24, 2.45) is 0 Å². The third kappa shape index (κ3) is 3.64. The highest BCUT2D eigenvalue weighted by atomic mass is 32.2. The van der Waals surface area contributed by atoms with Gasteiger partial charge in [-0.2, -0.15) is 0 Å². The van der Waals surface area contributed by atoms with Gasteiger partial charge in [0.1, 0.15) is 15.6 Å². The van der Waals surface area contributed by atoms with Gasteiger partial charge < -0.3 is 9.84 Å². The molecule has 1 aromatic carbocycles. The average molecular weight is 374 g/mol. The van der Waals surface area contributed by atoms with Crippen LogP contribution in [-0.2, 0) is 9.59 Å². The first-order valence-corrected chi connectivity index (χ1v) is 8.63. The van der Waals surface area contributed by atoms with Gasteiger partial charge in [-0.25, -0.2) is 4.98 Å². The third-order valence-corrected chi connectivity index (χ3v) is 5.00. The number of carbonyl (C=O) groups is 2. The van der Waals surface area contributed by atoms with Crippen LogP contribution in [0, 0.1) is 0 Å². The lowest BCUT2D eigenvalue weighted by molar-refractivity contribution is -0.137. The number of hydrogen-bond acceptors (Lipinski definition) is 6. The largest absolute Gasteiger partial charge is 0.494 e. The summed E-state index contributed by atoms with van der Waals surface area (Å²) in [7, 11) is 1.58. The molecule has 25 heavy (non-hydrogen) atoms. The van der Waals surface area contributed by atoms with E-state index in [2.05, 4.69) is 4.98 Å². The second-order valence-corrected chi connectivity index (χ2v) is 6.92. The van der Waals surface area contributed by atoms with Gasteiger partial charge in [0.15, 0.2) is 0 Å². The minimum atomic E-state index is -0.971. The van der Waals surface area contributed by atoms with Gasteiger partial charge in [0.25, 0.3) is 5.91 Å². The van der Waals surface area contributed by atoms with Crippen LogP contribution in [-0.4, -0.2) is 44.8 Å². The number of amides is 1. The molecule has 2 aromatic rings. The van der Waals surface area contributed by atoms with Crippen LogP contribution in [0.1, 0.15) is 12.1 Å². The third-order valence-electron chi connectivity index (χ3n) is 3.63. The van der Waals surface area contributed by atoms with Crippen LogP contribution >= 0.6 is 24.0 Å². The molecule has 6 nitrogen and oxygen atoms in total. The Labute approximate surface area is 153 Å². The highest BCUT2D eigenvalue weighted by molar-refractivity contribution is 8.26. The molecular weight excluding hydrogens is 360 g/mol. The Kier molecular flexibility index (Phi) is 5.00. The van der Waals surface area contributed by atoms with E-state index < -0.39 is 5.97 Å². The zero-order valence-corrected chi connectivity index (χ0v) is 14.9. The van der Waals surface area contributed by atoms with Crippen LogP contribution in [0.2, 0.25) is 0 Å². The predicted octanol–water partition coefficient (Wildman–Crippen LogP) is 2.92. The highest BCUT2D eigenvalue weighted by Gasteiger charge is 2.32. The molecule has 0 unspecified atom stereocenters. The molecule has 1 aliphatic heterocycles. The molecule has 0 saturated carbocycles. The maximum atomic E-state index is 12.4. The highest BCUT2D eigenvalue weighted by Crippen LogP contribution is 2.33. The molecule has 0 aliphatic carbocycles. The van der Waals surface area contributed by atoms with Crippen molar-refractivity contribution in [1.82, 2.24) is 9.88 Å². The Hall–Kier alpha value is -2.45. The molecule has 2 heterocycles. The number of pyridine rings is 1. The zero-order valence-electron chi connectivity index (χ0n) is 13.3. The number of thiocarbonyl (C=S) groups is 1. The Morgan fingerprint density at radius 3 is 2.92 bits per heavy atom. The van der Waals surface area contributed by atoms with E-state index in [4.69, 9.17) is 22.1 Å². The summed E-state index contributed by atoms with van der Waals surface area (Å²) >= 11 is 6.32. The quantitative estimate of drug-likeness (QED) is 0.637. The van der Waals surface area contributed by atoms with E-state index in [9.17, 15) is 9.59 Å². The van der Waals surface area contributed by atoms with E-state index >= 15 is 0 Å². The number of carboxylic acids is 1. The first kappa shape index (κ1) is 17.4. The molecular formula is C17H14N2O4S2. The molecule has 0 radical (unpaired) electrons. The summed E-state index contributed by atoms with van der Waals surface area (Å²) in [4.78, 5) is 29.4. The van der Waals surface area contributed by atoms with Gasteiger partial charge in [0.2, 0.25) is 0 Å². The van der Waals surface area contributed by atoms with Gasteiger partial charge >= 0.3 is 5.97 Å². The number of para-hydroxylation sites is 1. The SMILES string of the molecule is COc1cccc2ccc(/C=C3\SC(=S)N(CCC(=O)O)C3=O)nc12. The van der Waals surface area contributed by atoms with Gasteiger partial charge in [0.05, 0.1) is 24.1 Å². The van der Waals surface area contributed by atoms with Crippen molar-refractivity contribution in [2.45, 2.75) is 6.42 Å². The van der Waals surface area contributed by atoms with E-state index in [1.165, 1.54) is 4.90 Å². The van der Waals surface area contributed by atoms with Gasteiger partial charge in [-0.15, -0.1) is 0 Å². The number of hydrogen-bond donors (Lipinski definition) is 1. The summed E-state index contributed by atoms with van der Waals surface area (Å²) in [5, 5.41) is 9.71. The molecule has 0 bridgehead atoms. The molecule has 1 N–H and O–H groups in total. The molecule has 0 atom stereocenters. The lowest BCUT2D eigenvalue weighted by Crippen LogP contribution is -2.30. The van der Waals surface area contributed by atoms with Gasteiger partial charge in [-0.05, 0) is 18.2 Å². The topological polar surface area (TPSA) is 79.7 Å². The standard InChI is InChI=1S/C17H14N2O4S2/c1-23-12-4-2-3-10-5-6-11(18-15(10)12)9-13-16(22)19(17(24)25-13)8-7-14(20)21/h2-6,9H,7-8H2,1H3,(H,20,21)/b13-9-. The number of fused-ring (bicyclic) bond motifs is 1. The maximum absolute atomic E-state index is 12.4. The molecule has 0 spiro atoms. The number of aromatic nitrogens is 1. The number of thioether (sulfide) groups is 1. The van der Waals surface area contributed by atoms with E-state index in [0.717, 1.165) is 17.1 Å². The lowest BCUT2D eigenvalue weighted by Gasteiger charge is -2.12. The van der Waals surface area contributed by atoms with Crippen molar-refractivity contribution in [2.75, 3.05) is 13.7 Å². The fraction of sp³-hybridized carbons (Fsp3) is 0.176. The van der Waals surface area contributed by atoms with Crippen LogP contribution in [0.15, 0.2) is 35.2 Å². The van der Waals surface area contributed by atoms with Crippen molar-refractivity contribution in [3.8, 4) is 5.75 Å². The first-order valence-electron chi connectivity index (χ1n) is 7.40. The Morgan fingerprint density at radius 1 is 1.40 bits per heavy atom. The summed E-state index contributed by atoms with van der Waals surface area (Å²) in [6, 6.07) is 9.36. The summed E-state index contributed by atoms with van der Waals surface area (Å²) < 4.78 is 5.68. The van der Waals surface area contributed by atoms with E-state index in [0.29, 0.717) is 26.2 Å². The molecule has 1 aliphatic rings. The van der Waals surface area contributed by atoms with Crippen molar-refractivity contribution in [3.63, 3.8) is 0 Å². The minimum Gasteiger partial charge on any atom is -0.494 e. The number of rotatable bonds is 5. The lowest BCUT2D eigenvalue weighted by atomic mass is 10.2. The molecule has 128 valence electrons. The van der Waals surface area contributed by atoms with Crippen molar-refractivity contribution in [1.29, 1.82) is 0 Å². The zero-order chi connectivity index (χ0) is 18.0. The second-order valence-electron chi connectivity index (χ2n) is 5.25.